The summed E-state index contributed by atoms with van der Waals surface area (Å²) in [6.45, 7) is 6.63. The highest BCUT2D eigenvalue weighted by Crippen LogP contribution is 2.22. The van der Waals surface area contributed by atoms with Crippen LogP contribution in [0.4, 0.5) is 5.69 Å². The molecule has 0 amide bonds. The number of ketones is 1. The van der Waals surface area contributed by atoms with Crippen molar-refractivity contribution in [2.45, 2.75) is 20.3 Å². The SMILES string of the molecule is CC1CCN(CC(=O)c2cccc([N+](=O)[O-])c2)CC1C. The first-order chi connectivity index (χ1) is 9.47. The lowest BCUT2D eigenvalue weighted by Crippen LogP contribution is -2.41. The third-order valence-electron chi connectivity index (χ3n) is 4.16. The van der Waals surface area contributed by atoms with Gasteiger partial charge in [0.15, 0.2) is 5.78 Å². The molecule has 20 heavy (non-hydrogen) atoms. The summed E-state index contributed by atoms with van der Waals surface area (Å²) in [7, 11) is 0. The van der Waals surface area contributed by atoms with Gasteiger partial charge in [-0.3, -0.25) is 19.8 Å². The molecule has 1 saturated heterocycles. The summed E-state index contributed by atoms with van der Waals surface area (Å²) in [5, 5.41) is 10.7. The van der Waals surface area contributed by atoms with Crippen molar-refractivity contribution >= 4 is 11.5 Å². The normalized spacial score (nSPS) is 23.5. The van der Waals surface area contributed by atoms with Gasteiger partial charge in [-0.1, -0.05) is 26.0 Å². The number of carbonyl (C=O) groups excluding carboxylic acids is 1. The third-order valence-corrected chi connectivity index (χ3v) is 4.16. The van der Waals surface area contributed by atoms with Crippen LogP contribution in [0.5, 0.6) is 0 Å². The molecule has 0 radical (unpaired) electrons. The zero-order chi connectivity index (χ0) is 14.7. The molecule has 1 aliphatic rings. The number of hydrogen-bond acceptors (Lipinski definition) is 4. The van der Waals surface area contributed by atoms with Crippen LogP contribution in [-0.4, -0.2) is 35.2 Å². The van der Waals surface area contributed by atoms with E-state index in [1.165, 1.54) is 12.1 Å². The Labute approximate surface area is 118 Å². The molecule has 2 unspecified atom stereocenters. The summed E-state index contributed by atoms with van der Waals surface area (Å²) >= 11 is 0. The number of carbonyl (C=O) groups is 1. The average molecular weight is 276 g/mol. The topological polar surface area (TPSA) is 63.5 Å². The number of nitro groups is 1. The standard InChI is InChI=1S/C15H20N2O3/c1-11-6-7-16(9-12(11)2)10-15(18)13-4-3-5-14(8-13)17(19)20/h3-5,8,11-12H,6-7,9-10H2,1-2H3. The van der Waals surface area contributed by atoms with Gasteiger partial charge >= 0.3 is 0 Å². The Bertz CT molecular complexity index is 516. The Morgan fingerprint density at radius 1 is 1.40 bits per heavy atom. The fraction of sp³-hybridized carbons (Fsp3) is 0.533. The quantitative estimate of drug-likeness (QED) is 0.482. The second-order valence-corrected chi connectivity index (χ2v) is 5.71. The third kappa shape index (κ3) is 3.42. The van der Waals surface area contributed by atoms with E-state index in [1.54, 1.807) is 12.1 Å². The number of likely N-dealkylation sites (tertiary alicyclic amines) is 1. The summed E-state index contributed by atoms with van der Waals surface area (Å²) in [5.41, 5.74) is 0.391. The van der Waals surface area contributed by atoms with Crippen molar-refractivity contribution in [2.24, 2.45) is 11.8 Å². The van der Waals surface area contributed by atoms with Crippen molar-refractivity contribution in [3.63, 3.8) is 0 Å². The maximum absolute atomic E-state index is 12.2. The van der Waals surface area contributed by atoms with Crippen molar-refractivity contribution in [1.29, 1.82) is 0 Å². The van der Waals surface area contributed by atoms with E-state index in [4.69, 9.17) is 0 Å². The largest absolute Gasteiger partial charge is 0.296 e. The zero-order valence-electron chi connectivity index (χ0n) is 11.9. The van der Waals surface area contributed by atoms with Crippen LogP contribution in [0.1, 0.15) is 30.6 Å². The summed E-state index contributed by atoms with van der Waals surface area (Å²) in [6.07, 6.45) is 1.10. The van der Waals surface area contributed by atoms with E-state index in [-0.39, 0.29) is 11.5 Å². The minimum Gasteiger partial charge on any atom is -0.296 e. The van der Waals surface area contributed by atoms with Crippen LogP contribution in [0.3, 0.4) is 0 Å². The lowest BCUT2D eigenvalue weighted by molar-refractivity contribution is -0.384. The van der Waals surface area contributed by atoms with Crippen LogP contribution in [0, 0.1) is 22.0 Å². The first-order valence-corrected chi connectivity index (χ1v) is 6.97. The van der Waals surface area contributed by atoms with E-state index in [0.717, 1.165) is 19.5 Å². The lowest BCUT2D eigenvalue weighted by atomic mass is 9.88. The van der Waals surface area contributed by atoms with Crippen LogP contribution in [0.2, 0.25) is 0 Å². The zero-order valence-corrected chi connectivity index (χ0v) is 11.9. The van der Waals surface area contributed by atoms with Crippen LogP contribution >= 0.6 is 0 Å². The molecule has 0 aromatic heterocycles. The molecular weight excluding hydrogens is 256 g/mol. The maximum Gasteiger partial charge on any atom is 0.270 e. The molecule has 0 aliphatic carbocycles. The van der Waals surface area contributed by atoms with Gasteiger partial charge in [-0.05, 0) is 24.8 Å². The summed E-state index contributed by atoms with van der Waals surface area (Å²) in [6, 6.07) is 5.97. The average Bonchev–Trinajstić information content (AvgIpc) is 2.43. The van der Waals surface area contributed by atoms with Gasteiger partial charge in [0.2, 0.25) is 0 Å². The smallest absolute Gasteiger partial charge is 0.270 e. The number of piperidine rings is 1. The number of nitro benzene ring substituents is 1. The van der Waals surface area contributed by atoms with E-state index in [9.17, 15) is 14.9 Å². The molecule has 5 nitrogen and oxygen atoms in total. The number of non-ortho nitro benzene ring substituents is 1. The van der Waals surface area contributed by atoms with Crippen LogP contribution in [0.15, 0.2) is 24.3 Å². The van der Waals surface area contributed by atoms with Gasteiger partial charge in [-0.2, -0.15) is 0 Å². The van der Waals surface area contributed by atoms with Gasteiger partial charge in [-0.25, -0.2) is 0 Å². The van der Waals surface area contributed by atoms with Crippen LogP contribution in [0.25, 0.3) is 0 Å². The second kappa shape index (κ2) is 6.13. The summed E-state index contributed by atoms with van der Waals surface area (Å²) in [4.78, 5) is 24.6. The molecule has 1 aromatic rings. The number of rotatable bonds is 4. The highest BCUT2D eigenvalue weighted by Gasteiger charge is 2.24. The molecule has 1 fully saturated rings. The molecule has 0 N–H and O–H groups in total. The molecule has 108 valence electrons. The highest BCUT2D eigenvalue weighted by atomic mass is 16.6. The van der Waals surface area contributed by atoms with Gasteiger partial charge in [-0.15, -0.1) is 0 Å². The van der Waals surface area contributed by atoms with Crippen molar-refractivity contribution < 1.29 is 9.72 Å². The lowest BCUT2D eigenvalue weighted by Gasteiger charge is -2.34. The molecule has 2 atom stereocenters. The molecule has 0 spiro atoms. The number of nitrogens with zero attached hydrogens (tertiary/aromatic N) is 2. The second-order valence-electron chi connectivity index (χ2n) is 5.71. The Balaban J connectivity index is 2.01. The highest BCUT2D eigenvalue weighted by molar-refractivity contribution is 5.98. The summed E-state index contributed by atoms with van der Waals surface area (Å²) < 4.78 is 0. The minimum atomic E-state index is -0.471. The van der Waals surface area contributed by atoms with Crippen molar-refractivity contribution in [3.05, 3.63) is 39.9 Å². The molecular formula is C15H20N2O3. The van der Waals surface area contributed by atoms with E-state index >= 15 is 0 Å². The van der Waals surface area contributed by atoms with Crippen LogP contribution in [-0.2, 0) is 0 Å². The molecule has 2 rings (SSSR count). The number of hydrogen-bond donors (Lipinski definition) is 0. The fourth-order valence-corrected chi connectivity index (χ4v) is 2.58. The molecule has 5 heteroatoms. The van der Waals surface area contributed by atoms with E-state index in [2.05, 4.69) is 18.7 Å². The first-order valence-electron chi connectivity index (χ1n) is 6.97. The maximum atomic E-state index is 12.2. The van der Waals surface area contributed by atoms with Gasteiger partial charge in [0.05, 0.1) is 11.5 Å². The predicted molar refractivity (Wildman–Crippen MR) is 76.8 cm³/mol. The van der Waals surface area contributed by atoms with Crippen molar-refractivity contribution in [2.75, 3.05) is 19.6 Å². The molecule has 1 aliphatic heterocycles. The molecule has 0 bridgehead atoms. The monoisotopic (exact) mass is 276 g/mol. The van der Waals surface area contributed by atoms with Gasteiger partial charge in [0, 0.05) is 24.2 Å². The molecule has 0 saturated carbocycles. The van der Waals surface area contributed by atoms with Gasteiger partial charge < -0.3 is 0 Å². The first kappa shape index (κ1) is 14.7. The van der Waals surface area contributed by atoms with E-state index < -0.39 is 4.92 Å². The number of Topliss-reactive ketones (excluding diaryl/α,β-unsaturated/α-hetero) is 1. The number of benzene rings is 1. The van der Waals surface area contributed by atoms with Gasteiger partial charge in [0.25, 0.3) is 5.69 Å². The molecule has 1 aromatic carbocycles. The predicted octanol–water partition coefficient (Wildman–Crippen LogP) is 2.76. The Kier molecular flexibility index (Phi) is 4.49. The Morgan fingerprint density at radius 3 is 2.80 bits per heavy atom. The Hall–Kier alpha value is -1.75. The van der Waals surface area contributed by atoms with E-state index in [1.807, 2.05) is 0 Å². The molecule has 1 heterocycles. The fourth-order valence-electron chi connectivity index (χ4n) is 2.58. The van der Waals surface area contributed by atoms with Crippen molar-refractivity contribution in [3.8, 4) is 0 Å². The summed E-state index contributed by atoms with van der Waals surface area (Å²) in [5.74, 6) is 1.23. The van der Waals surface area contributed by atoms with Crippen molar-refractivity contribution in [1.82, 2.24) is 4.90 Å². The van der Waals surface area contributed by atoms with Crippen LogP contribution < -0.4 is 0 Å². The minimum absolute atomic E-state index is 0.0310. The van der Waals surface area contributed by atoms with Gasteiger partial charge in [0.1, 0.15) is 0 Å². The Morgan fingerprint density at radius 2 is 2.15 bits per heavy atom. The van der Waals surface area contributed by atoms with E-state index in [0.29, 0.717) is 23.9 Å².